The van der Waals surface area contributed by atoms with Crippen LogP contribution >= 0.6 is 11.8 Å². The second kappa shape index (κ2) is 15.6. The Balaban J connectivity index is 1.23. The molecule has 6 rings (SSSR count). The summed E-state index contributed by atoms with van der Waals surface area (Å²) in [6.07, 6.45) is -0.0733. The molecule has 1 saturated heterocycles. The van der Waals surface area contributed by atoms with Crippen LogP contribution in [0.25, 0.3) is 11.1 Å². The van der Waals surface area contributed by atoms with E-state index in [9.17, 15) is 37.1 Å². The Morgan fingerprint density at radius 3 is 2.16 bits per heavy atom. The van der Waals surface area contributed by atoms with E-state index in [1.165, 1.54) is 18.0 Å². The molecule has 51 heavy (non-hydrogen) atoms. The third-order valence-electron chi connectivity index (χ3n) is 8.62. The van der Waals surface area contributed by atoms with E-state index >= 15 is 0 Å². The molecule has 4 aromatic carbocycles. The van der Waals surface area contributed by atoms with Crippen molar-refractivity contribution >= 4 is 17.7 Å². The molecule has 5 aromatic rings. The fraction of sp³-hybridized carbons (Fsp3) is 0.211. The average Bonchev–Trinajstić information content (AvgIpc) is 3.16. The number of hydrogen-bond acceptors (Lipinski definition) is 6. The smallest absolute Gasteiger partial charge is 0.257 e. The van der Waals surface area contributed by atoms with Crippen molar-refractivity contribution in [1.29, 1.82) is 0 Å². The Kier molecular flexibility index (Phi) is 11.0. The van der Waals surface area contributed by atoms with Crippen molar-refractivity contribution in [3.05, 3.63) is 159 Å². The number of aliphatic hydroxyl groups excluding tert-OH is 1. The number of carbonyl (C=O) groups is 1. The number of amides is 1. The first-order chi connectivity index (χ1) is 24.5. The van der Waals surface area contributed by atoms with Gasteiger partial charge in [-0.15, -0.1) is 0 Å². The van der Waals surface area contributed by atoms with Gasteiger partial charge in [0.2, 0.25) is 5.82 Å². The number of halogens is 5. The summed E-state index contributed by atoms with van der Waals surface area (Å²) < 4.78 is 83.0. The van der Waals surface area contributed by atoms with Crippen LogP contribution in [0.2, 0.25) is 0 Å². The van der Waals surface area contributed by atoms with Gasteiger partial charge in [-0.2, -0.15) is 4.73 Å². The Hall–Kier alpha value is -4.82. The molecule has 1 aliphatic rings. The lowest BCUT2D eigenvalue weighted by Crippen LogP contribution is -2.39. The zero-order valence-electron chi connectivity index (χ0n) is 27.0. The highest BCUT2D eigenvalue weighted by atomic mass is 32.2. The van der Waals surface area contributed by atoms with Crippen molar-refractivity contribution in [3.63, 3.8) is 0 Å². The van der Waals surface area contributed by atoms with Crippen molar-refractivity contribution < 1.29 is 46.1 Å². The van der Waals surface area contributed by atoms with Gasteiger partial charge in [-0.1, -0.05) is 79.3 Å². The van der Waals surface area contributed by atoms with Gasteiger partial charge in [0.25, 0.3) is 10.9 Å². The molecule has 0 bridgehead atoms. The maximum Gasteiger partial charge on any atom is 0.257 e. The zero-order valence-corrected chi connectivity index (χ0v) is 27.8. The van der Waals surface area contributed by atoms with Crippen molar-refractivity contribution in [2.75, 3.05) is 5.75 Å². The van der Waals surface area contributed by atoms with E-state index in [2.05, 4.69) is 5.32 Å². The van der Waals surface area contributed by atoms with Gasteiger partial charge in [-0.05, 0) is 46.0 Å². The van der Waals surface area contributed by atoms with E-state index in [0.717, 1.165) is 21.4 Å². The number of carbonyl (C=O) groups excluding carboxylic acids is 1. The Bertz CT molecular complexity index is 2020. The second-order valence-electron chi connectivity index (χ2n) is 12.0. The van der Waals surface area contributed by atoms with Gasteiger partial charge in [-0.25, -0.2) is 22.0 Å². The number of hydrogen-bond donors (Lipinski definition) is 2. The molecule has 1 fully saturated rings. The lowest BCUT2D eigenvalue weighted by molar-refractivity contribution is -0.645. The first-order valence-corrected chi connectivity index (χ1v) is 16.8. The number of benzene rings is 4. The number of aliphatic hydroxyl groups is 1. The number of thioether (sulfide) groups is 1. The highest BCUT2D eigenvalue weighted by Crippen LogP contribution is 2.43. The third-order valence-corrected chi connectivity index (χ3v) is 9.72. The van der Waals surface area contributed by atoms with Gasteiger partial charge >= 0.3 is 0 Å². The summed E-state index contributed by atoms with van der Waals surface area (Å²) in [5.74, 6) is -12.3. The van der Waals surface area contributed by atoms with Gasteiger partial charge in [0.05, 0.1) is 18.8 Å². The molecular weight excluding hydrogens is 691 g/mol. The largest absolute Gasteiger partial charge is 0.618 e. The Labute approximate surface area is 294 Å². The molecule has 264 valence electrons. The minimum atomic E-state index is -2.35. The number of nitrogens with one attached hydrogen (secondary N) is 1. The molecule has 0 saturated carbocycles. The molecule has 4 atom stereocenters. The highest BCUT2D eigenvalue weighted by molar-refractivity contribution is 7.99. The Morgan fingerprint density at radius 2 is 1.47 bits per heavy atom. The fourth-order valence-electron chi connectivity index (χ4n) is 5.80. The minimum absolute atomic E-state index is 0.0929. The van der Waals surface area contributed by atoms with Gasteiger partial charge < -0.3 is 25.1 Å². The summed E-state index contributed by atoms with van der Waals surface area (Å²) in [6.45, 7) is 1.67. The SMILES string of the molecule is CC1C(CSc2cccc[n+]2[O-])OC(c2cccc(-c3cccc(CNC(=O)c4c(F)c(F)c(F)c(F)c4F)c3)c2)OC1c1ccc(CO)cc1. The van der Waals surface area contributed by atoms with Gasteiger partial charge in [0.15, 0.2) is 35.8 Å². The maximum absolute atomic E-state index is 14.2. The first kappa shape index (κ1) is 36.0. The van der Waals surface area contributed by atoms with Crippen LogP contribution in [0.1, 0.15) is 51.9 Å². The van der Waals surface area contributed by atoms with Crippen LogP contribution in [0.5, 0.6) is 0 Å². The molecule has 13 heteroatoms. The molecule has 2 heterocycles. The van der Waals surface area contributed by atoms with E-state index in [1.807, 2.05) is 61.5 Å². The molecule has 0 radical (unpaired) electrons. The molecular formula is C38H31F5N2O5S. The highest BCUT2D eigenvalue weighted by Gasteiger charge is 2.39. The maximum atomic E-state index is 14.2. The predicted octanol–water partition coefficient (Wildman–Crippen LogP) is 7.69. The van der Waals surface area contributed by atoms with Crippen LogP contribution in [0.15, 0.2) is 102 Å². The summed E-state index contributed by atoms with van der Waals surface area (Å²) >= 11 is 1.38. The number of ether oxygens (including phenoxy) is 2. The van der Waals surface area contributed by atoms with E-state index in [1.54, 1.807) is 36.4 Å². The first-order valence-electron chi connectivity index (χ1n) is 15.9. The van der Waals surface area contributed by atoms with Crippen LogP contribution in [0, 0.1) is 40.2 Å². The quantitative estimate of drug-likeness (QED) is 0.0384. The summed E-state index contributed by atoms with van der Waals surface area (Å²) in [6, 6.07) is 27.0. The second-order valence-corrected chi connectivity index (χ2v) is 13.0. The van der Waals surface area contributed by atoms with Crippen molar-refractivity contribution in [2.24, 2.45) is 5.92 Å². The minimum Gasteiger partial charge on any atom is -0.618 e. The third kappa shape index (κ3) is 7.76. The van der Waals surface area contributed by atoms with Gasteiger partial charge in [-0.3, -0.25) is 4.79 Å². The van der Waals surface area contributed by atoms with Crippen molar-refractivity contribution in [3.8, 4) is 11.1 Å². The normalized spacial score (nSPS) is 18.8. The van der Waals surface area contributed by atoms with Crippen LogP contribution in [-0.2, 0) is 22.6 Å². The molecule has 1 amide bonds. The lowest BCUT2D eigenvalue weighted by atomic mass is 9.91. The van der Waals surface area contributed by atoms with Crippen LogP contribution in [0.4, 0.5) is 22.0 Å². The lowest BCUT2D eigenvalue weighted by Gasteiger charge is -2.41. The predicted molar refractivity (Wildman–Crippen MR) is 178 cm³/mol. The van der Waals surface area contributed by atoms with Crippen LogP contribution in [-0.4, -0.2) is 22.9 Å². The topological polar surface area (TPSA) is 94.7 Å². The van der Waals surface area contributed by atoms with E-state index in [4.69, 9.17) is 9.47 Å². The Morgan fingerprint density at radius 1 is 0.804 bits per heavy atom. The number of aromatic nitrogens is 1. The van der Waals surface area contributed by atoms with E-state index in [-0.39, 0.29) is 31.3 Å². The molecule has 0 aliphatic carbocycles. The van der Waals surface area contributed by atoms with Crippen LogP contribution in [0.3, 0.4) is 0 Å². The molecule has 1 aromatic heterocycles. The van der Waals surface area contributed by atoms with Crippen molar-refractivity contribution in [2.45, 2.75) is 43.6 Å². The van der Waals surface area contributed by atoms with E-state index in [0.29, 0.717) is 27.5 Å². The van der Waals surface area contributed by atoms with Gasteiger partial charge in [0.1, 0.15) is 5.56 Å². The molecule has 4 unspecified atom stereocenters. The molecule has 7 nitrogen and oxygen atoms in total. The number of rotatable bonds is 10. The number of nitrogens with zero attached hydrogens (tertiary/aromatic N) is 1. The monoisotopic (exact) mass is 722 g/mol. The molecule has 1 aliphatic heterocycles. The van der Waals surface area contributed by atoms with Gasteiger partial charge in [0, 0.05) is 35.9 Å². The average molecular weight is 723 g/mol. The van der Waals surface area contributed by atoms with Crippen LogP contribution < -0.4 is 10.0 Å². The molecule has 2 N–H and O–H groups in total. The standard InChI is InChI=1S/C38H31F5N2O5S/c1-21-28(20-51-29-10-2-3-15-45(29)48)49-38(50-36(21)24-13-11-22(19-46)12-14-24)27-9-5-8-26(17-27)25-7-4-6-23(16-25)18-44-37(47)30-31(39)33(41)35(43)34(42)32(30)40/h2-17,21,28,36,38,46H,18-20H2,1H3,(H,44,47). The summed E-state index contributed by atoms with van der Waals surface area (Å²) in [4.78, 5) is 12.5. The zero-order chi connectivity index (χ0) is 36.2. The number of pyridine rings is 1. The fourth-order valence-corrected chi connectivity index (χ4v) is 6.88. The molecule has 0 spiro atoms. The summed E-state index contributed by atoms with van der Waals surface area (Å²) in [5.41, 5.74) is 2.75. The van der Waals surface area contributed by atoms with E-state index < -0.39 is 46.8 Å². The summed E-state index contributed by atoms with van der Waals surface area (Å²) in [7, 11) is 0. The summed E-state index contributed by atoms with van der Waals surface area (Å²) in [5, 5.41) is 24.6. The van der Waals surface area contributed by atoms with Crippen molar-refractivity contribution in [1.82, 2.24) is 5.32 Å².